The van der Waals surface area contributed by atoms with E-state index in [1.54, 1.807) is 0 Å². The molecule has 1 fully saturated rings. The second kappa shape index (κ2) is 8.20. The number of hydrogen-bond donors (Lipinski definition) is 5. The lowest BCUT2D eigenvalue weighted by atomic mass is 10.2. The molecule has 0 bridgehead atoms. The topological polar surface area (TPSA) is 137 Å². The molecule has 118 valence electrons. The molecule has 9 nitrogen and oxygen atoms in total. The first kappa shape index (κ1) is 16.9. The van der Waals surface area contributed by atoms with Crippen molar-refractivity contribution in [2.24, 2.45) is 0 Å². The molecule has 9 heteroatoms. The maximum atomic E-state index is 11.8. The Morgan fingerprint density at radius 1 is 1.24 bits per heavy atom. The highest BCUT2D eigenvalue weighted by molar-refractivity contribution is 5.92. The van der Waals surface area contributed by atoms with Crippen LogP contribution in [0.25, 0.3) is 0 Å². The number of nitrogens with one attached hydrogen (secondary N) is 4. The summed E-state index contributed by atoms with van der Waals surface area (Å²) in [6.45, 7) is 1.45. The second-order valence-corrected chi connectivity index (χ2v) is 4.77. The van der Waals surface area contributed by atoms with E-state index in [0.717, 1.165) is 19.4 Å². The van der Waals surface area contributed by atoms with Crippen molar-refractivity contribution in [2.45, 2.75) is 31.8 Å². The van der Waals surface area contributed by atoms with E-state index >= 15 is 0 Å². The predicted molar refractivity (Wildman–Crippen MR) is 72.3 cm³/mol. The Hall–Kier alpha value is -2.16. The Bertz CT molecular complexity index is 420. The van der Waals surface area contributed by atoms with Crippen LogP contribution in [-0.4, -0.2) is 60.5 Å². The van der Waals surface area contributed by atoms with Gasteiger partial charge in [0.05, 0.1) is 12.6 Å². The molecular formula is C12H20N4O5. The lowest BCUT2D eigenvalue weighted by molar-refractivity contribution is -0.138. The largest absolute Gasteiger partial charge is 0.480 e. The maximum Gasteiger partial charge on any atom is 0.322 e. The molecule has 1 saturated heterocycles. The molecule has 0 spiro atoms. The highest BCUT2D eigenvalue weighted by Gasteiger charge is 2.25. The standard InChI is InChI=1S/C12H20N4O5/c1-7(16-12(21)8-3-2-4-13-8)11(20)15-5-9(17)14-6-10(18)19/h7-8,13H,2-6H2,1H3,(H,14,17)(H,15,20)(H,16,21)(H,18,19). The minimum atomic E-state index is -1.17. The van der Waals surface area contributed by atoms with Crippen LogP contribution in [-0.2, 0) is 19.2 Å². The molecule has 3 amide bonds. The lowest BCUT2D eigenvalue weighted by Gasteiger charge is -2.16. The molecule has 21 heavy (non-hydrogen) atoms. The van der Waals surface area contributed by atoms with Gasteiger partial charge in [-0.2, -0.15) is 0 Å². The smallest absolute Gasteiger partial charge is 0.322 e. The van der Waals surface area contributed by atoms with Crippen molar-refractivity contribution in [3.8, 4) is 0 Å². The zero-order valence-electron chi connectivity index (χ0n) is 11.8. The first-order valence-electron chi connectivity index (χ1n) is 6.70. The molecule has 0 radical (unpaired) electrons. The molecule has 2 atom stereocenters. The molecule has 1 heterocycles. The van der Waals surface area contributed by atoms with Crippen molar-refractivity contribution in [3.05, 3.63) is 0 Å². The van der Waals surface area contributed by atoms with E-state index in [1.165, 1.54) is 6.92 Å². The average Bonchev–Trinajstić information content (AvgIpc) is 2.96. The van der Waals surface area contributed by atoms with Gasteiger partial charge >= 0.3 is 5.97 Å². The quantitative estimate of drug-likeness (QED) is 0.354. The minimum Gasteiger partial charge on any atom is -0.480 e. The summed E-state index contributed by atoms with van der Waals surface area (Å²) in [5.41, 5.74) is 0. The lowest BCUT2D eigenvalue weighted by Crippen LogP contribution is -2.51. The van der Waals surface area contributed by atoms with Crippen LogP contribution in [0.4, 0.5) is 0 Å². The summed E-state index contributed by atoms with van der Waals surface area (Å²) in [6.07, 6.45) is 1.65. The summed E-state index contributed by atoms with van der Waals surface area (Å²) in [5, 5.41) is 18.4. The van der Waals surface area contributed by atoms with Crippen LogP contribution in [0.3, 0.4) is 0 Å². The van der Waals surface area contributed by atoms with Crippen molar-refractivity contribution < 1.29 is 24.3 Å². The number of rotatable bonds is 7. The van der Waals surface area contributed by atoms with Gasteiger partial charge in [-0.3, -0.25) is 19.2 Å². The van der Waals surface area contributed by atoms with Gasteiger partial charge in [-0.25, -0.2) is 0 Å². The fourth-order valence-corrected chi connectivity index (χ4v) is 1.85. The van der Waals surface area contributed by atoms with Crippen LogP contribution < -0.4 is 21.3 Å². The third kappa shape index (κ3) is 6.21. The Kier molecular flexibility index (Phi) is 6.60. The molecule has 2 unspecified atom stereocenters. The Morgan fingerprint density at radius 3 is 2.52 bits per heavy atom. The van der Waals surface area contributed by atoms with Crippen LogP contribution in [0.1, 0.15) is 19.8 Å². The molecule has 0 saturated carbocycles. The van der Waals surface area contributed by atoms with E-state index in [-0.39, 0.29) is 18.5 Å². The van der Waals surface area contributed by atoms with Gasteiger partial charge in [-0.1, -0.05) is 0 Å². The van der Waals surface area contributed by atoms with E-state index in [1.807, 2.05) is 0 Å². The number of hydrogen-bond acceptors (Lipinski definition) is 5. The monoisotopic (exact) mass is 300 g/mol. The average molecular weight is 300 g/mol. The van der Waals surface area contributed by atoms with E-state index < -0.39 is 30.4 Å². The van der Waals surface area contributed by atoms with Crippen LogP contribution in [0.2, 0.25) is 0 Å². The van der Waals surface area contributed by atoms with Gasteiger partial charge in [0.1, 0.15) is 12.6 Å². The Balaban J connectivity index is 2.25. The zero-order valence-corrected chi connectivity index (χ0v) is 11.8. The Morgan fingerprint density at radius 2 is 1.95 bits per heavy atom. The third-order valence-electron chi connectivity index (χ3n) is 2.99. The van der Waals surface area contributed by atoms with Crippen molar-refractivity contribution in [1.82, 2.24) is 21.3 Å². The van der Waals surface area contributed by atoms with Crippen molar-refractivity contribution in [2.75, 3.05) is 19.6 Å². The second-order valence-electron chi connectivity index (χ2n) is 4.77. The summed E-state index contributed by atoms with van der Waals surface area (Å²) in [4.78, 5) is 44.9. The highest BCUT2D eigenvalue weighted by atomic mass is 16.4. The fraction of sp³-hybridized carbons (Fsp3) is 0.667. The van der Waals surface area contributed by atoms with Crippen LogP contribution in [0.5, 0.6) is 0 Å². The number of carboxylic acids is 1. The third-order valence-corrected chi connectivity index (χ3v) is 2.99. The van der Waals surface area contributed by atoms with Crippen LogP contribution in [0.15, 0.2) is 0 Å². The number of aliphatic carboxylic acids is 1. The van der Waals surface area contributed by atoms with Crippen molar-refractivity contribution in [3.63, 3.8) is 0 Å². The van der Waals surface area contributed by atoms with Crippen LogP contribution >= 0.6 is 0 Å². The van der Waals surface area contributed by atoms with Crippen LogP contribution in [0, 0.1) is 0 Å². The van der Waals surface area contributed by atoms with Gasteiger partial charge in [-0.05, 0) is 26.3 Å². The molecule has 0 aliphatic carbocycles. The molecule has 1 aliphatic rings. The Labute approximate surface area is 121 Å². The molecular weight excluding hydrogens is 280 g/mol. The van der Waals surface area contributed by atoms with Gasteiger partial charge in [0.2, 0.25) is 17.7 Å². The fourth-order valence-electron chi connectivity index (χ4n) is 1.85. The van der Waals surface area contributed by atoms with E-state index in [2.05, 4.69) is 21.3 Å². The predicted octanol–water partition coefficient (Wildman–Crippen LogP) is -2.44. The van der Waals surface area contributed by atoms with Crippen molar-refractivity contribution in [1.29, 1.82) is 0 Å². The summed E-state index contributed by atoms with van der Waals surface area (Å²) in [7, 11) is 0. The summed E-state index contributed by atoms with van der Waals surface area (Å²) >= 11 is 0. The molecule has 0 aromatic heterocycles. The molecule has 5 N–H and O–H groups in total. The molecule has 1 aliphatic heterocycles. The first-order chi connectivity index (χ1) is 9.90. The minimum absolute atomic E-state index is 0.245. The molecule has 0 aromatic rings. The number of carbonyl (C=O) groups excluding carboxylic acids is 3. The van der Waals surface area contributed by atoms with Gasteiger partial charge in [-0.15, -0.1) is 0 Å². The summed E-state index contributed by atoms with van der Waals surface area (Å²) in [6, 6.07) is -1.05. The summed E-state index contributed by atoms with van der Waals surface area (Å²) in [5.74, 6) is -2.53. The first-order valence-corrected chi connectivity index (χ1v) is 6.70. The van der Waals surface area contributed by atoms with Gasteiger partial charge in [0.15, 0.2) is 0 Å². The zero-order chi connectivity index (χ0) is 15.8. The number of carbonyl (C=O) groups is 4. The summed E-state index contributed by atoms with van der Waals surface area (Å²) < 4.78 is 0. The normalized spacial score (nSPS) is 18.6. The van der Waals surface area contributed by atoms with Gasteiger partial charge in [0.25, 0.3) is 0 Å². The SMILES string of the molecule is CC(NC(=O)C1CCCN1)C(=O)NCC(=O)NCC(=O)O. The number of amides is 3. The van der Waals surface area contributed by atoms with Gasteiger partial charge in [0, 0.05) is 0 Å². The van der Waals surface area contributed by atoms with Crippen molar-refractivity contribution >= 4 is 23.7 Å². The molecule has 0 aromatic carbocycles. The maximum absolute atomic E-state index is 11.8. The number of carboxylic acid groups (broad SMARTS) is 1. The van der Waals surface area contributed by atoms with E-state index in [0.29, 0.717) is 0 Å². The molecule has 1 rings (SSSR count). The van der Waals surface area contributed by atoms with E-state index in [4.69, 9.17) is 5.11 Å². The highest BCUT2D eigenvalue weighted by Crippen LogP contribution is 2.04. The van der Waals surface area contributed by atoms with E-state index in [9.17, 15) is 19.2 Å². The van der Waals surface area contributed by atoms with Gasteiger partial charge < -0.3 is 26.4 Å².